The van der Waals surface area contributed by atoms with E-state index in [2.05, 4.69) is 0 Å². The molecule has 0 nitrogen and oxygen atoms in total. The van der Waals surface area contributed by atoms with Gasteiger partial charge in [-0.05, 0) is 0 Å². The summed E-state index contributed by atoms with van der Waals surface area (Å²) in [5.41, 5.74) is 0. The van der Waals surface area contributed by atoms with Crippen LogP contribution >= 0.6 is 0 Å². The zero-order chi connectivity index (χ0) is 102. The van der Waals surface area contributed by atoms with Crippen molar-refractivity contribution in [3.63, 3.8) is 0 Å². The Morgan fingerprint density at radius 1 is 0.0291 bits per heavy atom. The molecule has 0 aromatic carbocycles. The van der Waals surface area contributed by atoms with Gasteiger partial charge in [-0.1, -0.05) is 0 Å². The maximum absolute atomic E-state index is 8.00. The molecule has 0 fully saturated rings. The van der Waals surface area contributed by atoms with E-state index in [0.29, 0.717) is 0 Å². The summed E-state index contributed by atoms with van der Waals surface area (Å²) >= 11 is 0. The van der Waals surface area contributed by atoms with Crippen molar-refractivity contribution in [2.24, 2.45) is 0 Å². The van der Waals surface area contributed by atoms with E-state index in [4.69, 9.17) is 467 Å². The van der Waals surface area contributed by atoms with Gasteiger partial charge in [-0.25, -0.2) is 0 Å². The molecule has 0 N–H and O–H groups in total. The number of hydrogen-bond acceptors (Lipinski definition) is 0. The van der Waals surface area contributed by atoms with Gasteiger partial charge in [0.05, 0.1) is 0 Å². The molecule has 0 rings (SSSR count). The van der Waals surface area contributed by atoms with Crippen LogP contribution in [0.15, 0.2) is 0 Å². The monoisotopic (exact) mass is 2030 g/mol. The Morgan fingerprint density at radius 2 is 0.0291 bits per heavy atom. The number of rotatable bonds is 0. The van der Waals surface area contributed by atoms with Crippen molar-refractivity contribution in [3.8, 4) is 0 Å². The van der Waals surface area contributed by atoms with E-state index in [0.717, 1.165) is 0 Å². The van der Waals surface area contributed by atoms with Gasteiger partial charge in [0, 0.05) is 499 Å². The molecular weight excluding hydrogens is 2030 g/mol. The Kier molecular flexibility index (Phi) is 102000. The molecule has 0 saturated carbocycles. The molecule has 0 heterocycles. The molecule has 103 heteroatoms. The summed E-state index contributed by atoms with van der Waals surface area (Å²) in [6.45, 7) is 0. The van der Waals surface area contributed by atoms with Crippen LogP contribution in [0.4, 0.5) is 467 Å². The molecule has 103 heavy (non-hydrogen) atoms. The van der Waals surface area contributed by atoms with Gasteiger partial charge in [-0.15, -0.1) is 0 Å². The van der Waals surface area contributed by atoms with Crippen LogP contribution < -0.4 is 0 Å². The average molecular weight is 2030 g/mol. The Balaban J connectivity index is -0.00000000515. The average Bonchev–Trinajstić information content (AvgIpc) is 3.88. The van der Waals surface area contributed by atoms with Crippen molar-refractivity contribution in [2.75, 3.05) is 0 Å². The first-order valence-corrected chi connectivity index (χ1v) is 7.29. The Labute approximate surface area is 502 Å². The number of halogens is 102. The third kappa shape index (κ3) is 23300. The molecule has 0 aliphatic carbocycles. The number of hydrogen-bond donors (Lipinski definition) is 0. The van der Waals surface area contributed by atoms with E-state index in [1.54, 1.807) is 0 Å². The smallest absolute Gasteiger partial charge is 0 e. The summed E-state index contributed by atoms with van der Waals surface area (Å²) in [7, 11) is 0. The SMILES string of the molecule is FF.FF.FF.FF.FF.FF.FF.FF.FF.FF.FF.FF.FF.FF.FF.FF.FF.FF.FF.FF.FF.FF.FF.FF.FF.FF.FF.FF.FF.FF.FF.FF.FF.FF.FF.FF.FF.FF.FF.FF.FF.FF.FF.FF.FF.FF.FF.FF.FF.FF.FF.[Y]. The van der Waals surface area contributed by atoms with Gasteiger partial charge in [0.2, 0.25) is 0 Å². The summed E-state index contributed by atoms with van der Waals surface area (Å²) in [5, 5.41) is 0. The van der Waals surface area contributed by atoms with E-state index in [9.17, 15) is 0 Å². The quantitative estimate of drug-likeness (QED) is 0.212. The summed E-state index contributed by atoms with van der Waals surface area (Å²) < 4.78 is 816. The van der Waals surface area contributed by atoms with Crippen LogP contribution in [0.25, 0.3) is 0 Å². The molecule has 1 radical (unpaired) electrons. The molecule has 0 unspecified atom stereocenters. The predicted octanol–water partition coefficient (Wildman–Crippen LogP) is 42.9. The Hall–Kier alpha value is -6.04. The van der Waals surface area contributed by atoms with Gasteiger partial charge in [0.15, 0.2) is 0 Å². The molecule has 0 saturated heterocycles. The minimum atomic E-state index is 0. The fourth-order valence-corrected chi connectivity index (χ4v) is 0. The topological polar surface area (TPSA) is 0 Å². The van der Waals surface area contributed by atoms with E-state index >= 15 is 0 Å². The van der Waals surface area contributed by atoms with Crippen molar-refractivity contribution < 1.29 is 499 Å². The van der Waals surface area contributed by atoms with Gasteiger partial charge >= 0.3 is 0 Å². The minimum absolute atomic E-state index is 0. The van der Waals surface area contributed by atoms with Crippen LogP contribution in [0.2, 0.25) is 0 Å². The first-order valence-electron chi connectivity index (χ1n) is 7.29. The fourth-order valence-electron chi connectivity index (χ4n) is 0. The van der Waals surface area contributed by atoms with E-state index in [-0.39, 0.29) is 32.7 Å². The van der Waals surface area contributed by atoms with Crippen LogP contribution in [0.5, 0.6) is 0 Å². The van der Waals surface area contributed by atoms with Crippen molar-refractivity contribution in [1.82, 2.24) is 0 Å². The largest absolute Gasteiger partial charge is 0 e. The summed E-state index contributed by atoms with van der Waals surface area (Å²) in [6, 6.07) is 0. The minimum Gasteiger partial charge on any atom is 0 e. The summed E-state index contributed by atoms with van der Waals surface area (Å²) in [6.07, 6.45) is 0. The zero-order valence-electron chi connectivity index (χ0n) is 39.1. The standard InChI is InChI=1S/51F2.Y/c51*1-2;. The first-order chi connectivity index (χ1) is 51.0. The van der Waals surface area contributed by atoms with Crippen LogP contribution in [0, 0.1) is 0 Å². The summed E-state index contributed by atoms with van der Waals surface area (Å²) in [4.78, 5) is 0. The molecule has 0 spiro atoms. The Morgan fingerprint density at radius 3 is 0.0291 bits per heavy atom. The van der Waals surface area contributed by atoms with Gasteiger partial charge in [0.25, 0.3) is 0 Å². The maximum atomic E-state index is 8.00. The summed E-state index contributed by atoms with van der Waals surface area (Å²) in [5.74, 6) is 0. The van der Waals surface area contributed by atoms with Crippen molar-refractivity contribution in [2.45, 2.75) is 0 Å². The van der Waals surface area contributed by atoms with E-state index in [1.807, 2.05) is 0 Å². The normalized spacial score (nSPS) is 2.97. The molecule has 0 aliphatic rings. The molecule has 0 atom stereocenters. The molecule has 0 aliphatic heterocycles. The van der Waals surface area contributed by atoms with Gasteiger partial charge in [-0.3, -0.25) is 0 Å². The van der Waals surface area contributed by atoms with Gasteiger partial charge in [0.1, 0.15) is 0 Å². The predicted molar refractivity (Wildman–Crippen MR) is 113 cm³/mol. The fraction of sp³-hybridized carbons (Fsp3) is 0. The second-order valence-electron chi connectivity index (χ2n) is 0. The van der Waals surface area contributed by atoms with E-state index in [1.165, 1.54) is 0 Å². The third-order valence-corrected chi connectivity index (χ3v) is 0. The molecular formula is F102Y. The second kappa shape index (κ2) is 23800. The van der Waals surface area contributed by atoms with Gasteiger partial charge in [-0.2, -0.15) is 0 Å². The van der Waals surface area contributed by atoms with Crippen LogP contribution in [-0.2, 0) is 32.7 Å². The maximum Gasteiger partial charge on any atom is 0 e. The van der Waals surface area contributed by atoms with Crippen molar-refractivity contribution in [3.05, 3.63) is 0 Å². The first kappa shape index (κ1) is 442. The molecule has 0 bridgehead atoms. The van der Waals surface area contributed by atoms with Crippen molar-refractivity contribution >= 4 is 0 Å². The Bertz CT molecular complexity index is 8.12. The van der Waals surface area contributed by atoms with Crippen LogP contribution in [0.1, 0.15) is 0 Å². The van der Waals surface area contributed by atoms with Crippen molar-refractivity contribution in [1.29, 1.82) is 0 Å². The molecule has 0 amide bonds. The second-order valence-corrected chi connectivity index (χ2v) is 0. The van der Waals surface area contributed by atoms with E-state index < -0.39 is 0 Å². The van der Waals surface area contributed by atoms with Crippen LogP contribution in [-0.4, -0.2) is 0 Å². The zero-order valence-corrected chi connectivity index (χ0v) is 42.0. The van der Waals surface area contributed by atoms with Crippen LogP contribution in [0.3, 0.4) is 0 Å². The molecule has 0 aromatic heterocycles. The molecule has 717 valence electrons. The third-order valence-electron chi connectivity index (χ3n) is 0. The molecule has 0 aromatic rings. The van der Waals surface area contributed by atoms with Gasteiger partial charge < -0.3 is 0 Å².